The molecule has 1 saturated heterocycles. The minimum Gasteiger partial charge on any atom is -0.359 e. The normalized spacial score (nSPS) is 14.8. The number of hydrogen-bond acceptors (Lipinski definition) is 5. The highest BCUT2D eigenvalue weighted by Gasteiger charge is 2.24. The maximum absolute atomic E-state index is 5.44. The molecule has 0 unspecified atom stereocenters. The summed E-state index contributed by atoms with van der Waals surface area (Å²) in [6, 6.07) is 0. The third kappa shape index (κ3) is 3.44. The van der Waals surface area contributed by atoms with Crippen LogP contribution in [0.2, 0.25) is 0 Å². The van der Waals surface area contributed by atoms with Crippen molar-refractivity contribution >= 4 is 34.2 Å². The number of thiocarbonyl (C=S) groups is 1. The largest absolute Gasteiger partial charge is 0.359 e. The second kappa shape index (κ2) is 7.35. The van der Waals surface area contributed by atoms with Gasteiger partial charge >= 0.3 is 0 Å². The molecule has 1 aliphatic heterocycles. The molecular formula is C17H25N7S. The number of aryl methyl sites for hydroxylation is 3. The van der Waals surface area contributed by atoms with Gasteiger partial charge in [-0.2, -0.15) is 5.10 Å². The maximum atomic E-state index is 5.44. The van der Waals surface area contributed by atoms with Crippen LogP contribution in [0.25, 0.3) is 11.0 Å². The molecule has 0 amide bonds. The monoisotopic (exact) mass is 359 g/mol. The molecule has 1 N–H and O–H groups in total. The summed E-state index contributed by atoms with van der Waals surface area (Å²) in [5.41, 5.74) is 2.91. The molecule has 7 nitrogen and oxygen atoms in total. The average Bonchev–Trinajstić information content (AvgIpc) is 2.93. The zero-order valence-electron chi connectivity index (χ0n) is 15.1. The molecule has 3 heterocycles. The van der Waals surface area contributed by atoms with E-state index in [0.29, 0.717) is 6.54 Å². The van der Waals surface area contributed by atoms with E-state index < -0.39 is 0 Å². The first kappa shape index (κ1) is 17.6. The summed E-state index contributed by atoms with van der Waals surface area (Å²) >= 11 is 5.44. The van der Waals surface area contributed by atoms with Crippen LogP contribution in [0, 0.1) is 6.92 Å². The predicted molar refractivity (Wildman–Crippen MR) is 105 cm³/mol. The minimum atomic E-state index is 0.694. The van der Waals surface area contributed by atoms with Crippen LogP contribution in [0.4, 0.5) is 5.82 Å². The molecule has 25 heavy (non-hydrogen) atoms. The van der Waals surface area contributed by atoms with Crippen molar-refractivity contribution in [3.05, 3.63) is 24.2 Å². The fourth-order valence-electron chi connectivity index (χ4n) is 3.13. The van der Waals surface area contributed by atoms with Crippen molar-refractivity contribution in [3.63, 3.8) is 0 Å². The Labute approximate surface area is 153 Å². The van der Waals surface area contributed by atoms with Crippen LogP contribution in [0.1, 0.15) is 18.4 Å². The van der Waals surface area contributed by atoms with Crippen molar-refractivity contribution < 1.29 is 0 Å². The molecule has 8 heteroatoms. The Morgan fingerprint density at radius 3 is 2.64 bits per heavy atom. The Hall–Kier alpha value is -2.22. The van der Waals surface area contributed by atoms with Gasteiger partial charge in [0.1, 0.15) is 16.9 Å². The number of piperazine rings is 1. The van der Waals surface area contributed by atoms with Crippen molar-refractivity contribution in [1.82, 2.24) is 30.0 Å². The molecular weight excluding hydrogens is 334 g/mol. The van der Waals surface area contributed by atoms with E-state index in [0.717, 1.165) is 66.1 Å². The molecule has 1 fully saturated rings. The minimum absolute atomic E-state index is 0.694. The first-order valence-electron chi connectivity index (χ1n) is 8.64. The fourth-order valence-corrected chi connectivity index (χ4v) is 3.40. The number of hydrogen-bond donors (Lipinski definition) is 1. The SMILES string of the molecule is C=CCNC(=S)N1CCN(c2nc(CC)nc3c(C)nn(C)c23)CC1. The van der Waals surface area contributed by atoms with Crippen LogP contribution < -0.4 is 10.2 Å². The Morgan fingerprint density at radius 2 is 2.00 bits per heavy atom. The van der Waals surface area contributed by atoms with Gasteiger partial charge in [0, 0.05) is 46.2 Å². The summed E-state index contributed by atoms with van der Waals surface area (Å²) in [6.45, 7) is 12.0. The van der Waals surface area contributed by atoms with E-state index in [4.69, 9.17) is 17.2 Å². The third-order valence-corrected chi connectivity index (χ3v) is 4.86. The highest BCUT2D eigenvalue weighted by molar-refractivity contribution is 7.80. The lowest BCUT2D eigenvalue weighted by Gasteiger charge is -2.37. The second-order valence-corrected chi connectivity index (χ2v) is 6.56. The standard InChI is InChI=1S/C17H25N7S/c1-5-7-18-17(25)24-10-8-23(9-11-24)16-15-14(12(3)21-22(15)4)19-13(6-2)20-16/h5H,1,6-11H2,2-4H3,(H,18,25). The number of nitrogens with one attached hydrogen (secondary N) is 1. The fraction of sp³-hybridized carbons (Fsp3) is 0.529. The number of anilines is 1. The van der Waals surface area contributed by atoms with Gasteiger partial charge in [-0.25, -0.2) is 9.97 Å². The van der Waals surface area contributed by atoms with Crippen molar-refractivity contribution in [2.24, 2.45) is 7.05 Å². The molecule has 0 aliphatic carbocycles. The van der Waals surface area contributed by atoms with Crippen LogP contribution in [-0.2, 0) is 13.5 Å². The maximum Gasteiger partial charge on any atom is 0.169 e. The van der Waals surface area contributed by atoms with Gasteiger partial charge in [-0.05, 0) is 19.1 Å². The second-order valence-electron chi connectivity index (χ2n) is 6.17. The van der Waals surface area contributed by atoms with E-state index in [2.05, 4.69) is 38.7 Å². The van der Waals surface area contributed by atoms with Gasteiger partial charge in [0.25, 0.3) is 0 Å². The molecule has 0 atom stereocenters. The molecule has 0 spiro atoms. The summed E-state index contributed by atoms with van der Waals surface area (Å²) in [4.78, 5) is 14.0. The van der Waals surface area contributed by atoms with E-state index in [1.54, 1.807) is 0 Å². The molecule has 0 radical (unpaired) electrons. The molecule has 3 rings (SSSR count). The molecule has 134 valence electrons. The molecule has 0 saturated carbocycles. The van der Waals surface area contributed by atoms with Crippen LogP contribution in [-0.4, -0.2) is 62.5 Å². The van der Waals surface area contributed by atoms with E-state index in [9.17, 15) is 0 Å². The zero-order valence-corrected chi connectivity index (χ0v) is 15.9. The number of aromatic nitrogens is 4. The quantitative estimate of drug-likeness (QED) is 0.654. The number of fused-ring (bicyclic) bond motifs is 1. The first-order valence-corrected chi connectivity index (χ1v) is 9.04. The number of nitrogens with zero attached hydrogens (tertiary/aromatic N) is 6. The summed E-state index contributed by atoms with van der Waals surface area (Å²) in [6.07, 6.45) is 2.63. The average molecular weight is 360 g/mol. The molecule has 2 aromatic heterocycles. The molecule has 0 bridgehead atoms. The van der Waals surface area contributed by atoms with Gasteiger partial charge in [-0.1, -0.05) is 13.0 Å². The van der Waals surface area contributed by atoms with E-state index in [1.807, 2.05) is 24.7 Å². The Kier molecular flexibility index (Phi) is 5.17. The zero-order chi connectivity index (χ0) is 18.0. The van der Waals surface area contributed by atoms with Crippen LogP contribution in [0.15, 0.2) is 12.7 Å². The summed E-state index contributed by atoms with van der Waals surface area (Å²) in [7, 11) is 1.96. The smallest absolute Gasteiger partial charge is 0.169 e. The molecule has 2 aromatic rings. The van der Waals surface area contributed by atoms with E-state index >= 15 is 0 Å². The van der Waals surface area contributed by atoms with Crippen LogP contribution in [0.5, 0.6) is 0 Å². The van der Waals surface area contributed by atoms with Crippen molar-refractivity contribution in [2.75, 3.05) is 37.6 Å². The lowest BCUT2D eigenvalue weighted by molar-refractivity contribution is 0.380. The lowest BCUT2D eigenvalue weighted by atomic mass is 10.2. The van der Waals surface area contributed by atoms with Crippen molar-refractivity contribution in [3.8, 4) is 0 Å². The summed E-state index contributed by atoms with van der Waals surface area (Å²) in [5.74, 6) is 1.85. The van der Waals surface area contributed by atoms with Gasteiger partial charge in [0.05, 0.1) is 5.69 Å². The van der Waals surface area contributed by atoms with Crippen LogP contribution in [0.3, 0.4) is 0 Å². The molecule has 1 aliphatic rings. The van der Waals surface area contributed by atoms with Gasteiger partial charge in [0.2, 0.25) is 0 Å². The molecule has 0 aromatic carbocycles. The highest BCUT2D eigenvalue weighted by Crippen LogP contribution is 2.26. The third-order valence-electron chi connectivity index (χ3n) is 4.46. The summed E-state index contributed by atoms with van der Waals surface area (Å²) in [5, 5.41) is 8.52. The van der Waals surface area contributed by atoms with Gasteiger partial charge in [-0.15, -0.1) is 6.58 Å². The Balaban J connectivity index is 1.83. The van der Waals surface area contributed by atoms with Gasteiger partial charge < -0.3 is 15.1 Å². The predicted octanol–water partition coefficient (Wildman–Crippen LogP) is 1.42. The lowest BCUT2D eigenvalue weighted by Crippen LogP contribution is -2.52. The van der Waals surface area contributed by atoms with Crippen molar-refractivity contribution in [1.29, 1.82) is 0 Å². The first-order chi connectivity index (χ1) is 12.0. The van der Waals surface area contributed by atoms with E-state index in [-0.39, 0.29) is 0 Å². The highest BCUT2D eigenvalue weighted by atomic mass is 32.1. The van der Waals surface area contributed by atoms with Crippen molar-refractivity contribution in [2.45, 2.75) is 20.3 Å². The summed E-state index contributed by atoms with van der Waals surface area (Å²) < 4.78 is 1.89. The Morgan fingerprint density at radius 1 is 1.28 bits per heavy atom. The number of rotatable bonds is 4. The van der Waals surface area contributed by atoms with Gasteiger partial charge in [0.15, 0.2) is 10.9 Å². The Bertz CT molecular complexity index is 790. The van der Waals surface area contributed by atoms with E-state index in [1.165, 1.54) is 0 Å². The van der Waals surface area contributed by atoms with Gasteiger partial charge in [-0.3, -0.25) is 4.68 Å². The topological polar surface area (TPSA) is 62.1 Å². The van der Waals surface area contributed by atoms with Crippen LogP contribution >= 0.6 is 12.2 Å².